The molecule has 1 aromatic heterocycles. The van der Waals surface area contributed by atoms with Gasteiger partial charge in [0.1, 0.15) is 6.54 Å². The van der Waals surface area contributed by atoms with E-state index in [0.717, 1.165) is 11.1 Å². The highest BCUT2D eigenvalue weighted by Crippen LogP contribution is 2.31. The van der Waals surface area contributed by atoms with Crippen LogP contribution in [0.25, 0.3) is 0 Å². The number of hydrogen-bond donors (Lipinski definition) is 3. The molecular weight excluding hydrogens is 256 g/mol. The summed E-state index contributed by atoms with van der Waals surface area (Å²) < 4.78 is 1.47. The molecule has 104 valence electrons. The molecule has 0 saturated carbocycles. The number of fused-ring (bicyclic) bond motifs is 1. The lowest BCUT2D eigenvalue weighted by Gasteiger charge is -2.17. The number of nitrogens with one attached hydrogen (secondary N) is 1. The van der Waals surface area contributed by atoms with Gasteiger partial charge in [0.25, 0.3) is 0 Å². The van der Waals surface area contributed by atoms with E-state index >= 15 is 0 Å². The molecule has 1 aromatic carbocycles. The van der Waals surface area contributed by atoms with Crippen molar-refractivity contribution in [1.82, 2.24) is 15.1 Å². The highest BCUT2D eigenvalue weighted by Gasteiger charge is 2.31. The molecule has 0 bridgehead atoms. The largest absolute Gasteiger partial charge is 0.396 e. The molecule has 3 rings (SSSR count). The summed E-state index contributed by atoms with van der Waals surface area (Å²) in [5.41, 5.74) is 8.12. The molecule has 0 aliphatic heterocycles. The number of aliphatic hydroxyl groups is 1. The second-order valence-electron chi connectivity index (χ2n) is 4.99. The second kappa shape index (κ2) is 4.97. The fourth-order valence-corrected chi connectivity index (χ4v) is 2.58. The van der Waals surface area contributed by atoms with Crippen molar-refractivity contribution >= 4 is 11.6 Å². The zero-order chi connectivity index (χ0) is 14.1. The van der Waals surface area contributed by atoms with Crippen LogP contribution in [-0.4, -0.2) is 26.9 Å². The number of aromatic nitrogens is 2. The Kier molecular flexibility index (Phi) is 3.15. The number of nitrogen functional groups attached to an aromatic ring is 1. The van der Waals surface area contributed by atoms with E-state index in [1.807, 2.05) is 24.3 Å². The topological polar surface area (TPSA) is 93.2 Å². The van der Waals surface area contributed by atoms with Crippen LogP contribution in [-0.2, 0) is 17.8 Å². The van der Waals surface area contributed by atoms with Gasteiger partial charge < -0.3 is 16.2 Å². The van der Waals surface area contributed by atoms with Crippen molar-refractivity contribution in [2.24, 2.45) is 0 Å². The third-order valence-electron chi connectivity index (χ3n) is 3.48. The molecule has 6 nitrogen and oxygen atoms in total. The Hall–Kier alpha value is -2.34. The van der Waals surface area contributed by atoms with Gasteiger partial charge in [-0.25, -0.2) is 0 Å². The molecule has 1 aliphatic rings. The standard InChI is InChI=1S/C14H16N4O2/c15-10-6-16-18(7-10)8-13(20)17-14-11-4-2-1-3-9(11)5-12(14)19/h1-4,6-7,12,14,19H,5,8,15H2,(H,17,20)/t12-,14+/m1/s1. The van der Waals surface area contributed by atoms with E-state index in [1.54, 1.807) is 6.20 Å². The Balaban J connectivity index is 1.70. The number of hydrogen-bond acceptors (Lipinski definition) is 4. The Morgan fingerprint density at radius 3 is 3.05 bits per heavy atom. The van der Waals surface area contributed by atoms with Gasteiger partial charge in [-0.2, -0.15) is 5.10 Å². The molecular formula is C14H16N4O2. The van der Waals surface area contributed by atoms with E-state index < -0.39 is 6.10 Å². The number of nitrogens with two attached hydrogens (primary N) is 1. The molecule has 1 aliphatic carbocycles. The number of amides is 1. The maximum Gasteiger partial charge on any atom is 0.242 e. The van der Waals surface area contributed by atoms with E-state index in [9.17, 15) is 9.90 Å². The van der Waals surface area contributed by atoms with Crippen LogP contribution in [0.2, 0.25) is 0 Å². The smallest absolute Gasteiger partial charge is 0.242 e. The molecule has 0 unspecified atom stereocenters. The van der Waals surface area contributed by atoms with Crippen LogP contribution < -0.4 is 11.1 Å². The van der Waals surface area contributed by atoms with Crippen molar-refractivity contribution in [2.45, 2.75) is 25.1 Å². The summed E-state index contributed by atoms with van der Waals surface area (Å²) in [6.45, 7) is 0.0859. The van der Waals surface area contributed by atoms with Gasteiger partial charge in [0.2, 0.25) is 5.91 Å². The number of carbonyl (C=O) groups excluding carboxylic acids is 1. The van der Waals surface area contributed by atoms with Crippen LogP contribution in [0.3, 0.4) is 0 Å². The molecule has 0 fully saturated rings. The lowest BCUT2D eigenvalue weighted by Crippen LogP contribution is -2.36. The van der Waals surface area contributed by atoms with Crippen LogP contribution in [0, 0.1) is 0 Å². The maximum absolute atomic E-state index is 12.0. The first-order valence-electron chi connectivity index (χ1n) is 6.46. The Morgan fingerprint density at radius 2 is 2.30 bits per heavy atom. The summed E-state index contributed by atoms with van der Waals surface area (Å²) >= 11 is 0. The van der Waals surface area contributed by atoms with Gasteiger partial charge in [0, 0.05) is 12.6 Å². The van der Waals surface area contributed by atoms with Gasteiger partial charge in [0.05, 0.1) is 24.0 Å². The SMILES string of the molecule is Nc1cnn(CC(=O)N[C@H]2c3ccccc3C[C@H]2O)c1. The minimum Gasteiger partial charge on any atom is -0.396 e. The van der Waals surface area contributed by atoms with Crippen LogP contribution in [0.4, 0.5) is 5.69 Å². The molecule has 2 atom stereocenters. The van der Waals surface area contributed by atoms with Gasteiger partial charge in [-0.15, -0.1) is 0 Å². The zero-order valence-electron chi connectivity index (χ0n) is 10.9. The number of carbonyl (C=O) groups is 1. The fourth-order valence-electron chi connectivity index (χ4n) is 2.58. The fraction of sp³-hybridized carbons (Fsp3) is 0.286. The quantitative estimate of drug-likeness (QED) is 0.746. The van der Waals surface area contributed by atoms with Gasteiger partial charge in [-0.1, -0.05) is 24.3 Å². The minimum absolute atomic E-state index is 0.0859. The number of benzene rings is 1. The molecule has 0 spiro atoms. The van der Waals surface area contributed by atoms with Crippen molar-refractivity contribution < 1.29 is 9.90 Å². The van der Waals surface area contributed by atoms with Crippen LogP contribution in [0.5, 0.6) is 0 Å². The predicted molar refractivity (Wildman–Crippen MR) is 73.7 cm³/mol. The zero-order valence-corrected chi connectivity index (χ0v) is 10.9. The van der Waals surface area contributed by atoms with Gasteiger partial charge >= 0.3 is 0 Å². The Bertz CT molecular complexity index is 638. The van der Waals surface area contributed by atoms with Crippen LogP contribution in [0.15, 0.2) is 36.7 Å². The van der Waals surface area contributed by atoms with E-state index in [2.05, 4.69) is 10.4 Å². The summed E-state index contributed by atoms with van der Waals surface area (Å²) in [4.78, 5) is 12.0. The monoisotopic (exact) mass is 272 g/mol. The first kappa shape index (κ1) is 12.7. The second-order valence-corrected chi connectivity index (χ2v) is 4.99. The molecule has 1 amide bonds. The normalized spacial score (nSPS) is 20.6. The summed E-state index contributed by atoms with van der Waals surface area (Å²) in [7, 11) is 0. The molecule has 0 saturated heterocycles. The number of aliphatic hydroxyl groups excluding tert-OH is 1. The first-order valence-corrected chi connectivity index (χ1v) is 6.46. The van der Waals surface area contributed by atoms with E-state index in [-0.39, 0.29) is 18.5 Å². The number of nitrogens with zero attached hydrogens (tertiary/aromatic N) is 2. The van der Waals surface area contributed by atoms with Crippen molar-refractivity contribution in [2.75, 3.05) is 5.73 Å². The van der Waals surface area contributed by atoms with E-state index in [0.29, 0.717) is 12.1 Å². The average molecular weight is 272 g/mol. The van der Waals surface area contributed by atoms with Crippen LogP contribution >= 0.6 is 0 Å². The third kappa shape index (κ3) is 2.37. The first-order chi connectivity index (χ1) is 9.63. The summed E-state index contributed by atoms with van der Waals surface area (Å²) in [6, 6.07) is 7.39. The maximum atomic E-state index is 12.0. The van der Waals surface area contributed by atoms with Crippen molar-refractivity contribution in [3.63, 3.8) is 0 Å². The van der Waals surface area contributed by atoms with Gasteiger partial charge in [-0.05, 0) is 11.1 Å². The lowest BCUT2D eigenvalue weighted by atomic mass is 10.1. The molecule has 4 N–H and O–H groups in total. The number of anilines is 1. The minimum atomic E-state index is -0.584. The molecule has 0 radical (unpaired) electrons. The van der Waals surface area contributed by atoms with Gasteiger partial charge in [0.15, 0.2) is 0 Å². The Morgan fingerprint density at radius 1 is 1.50 bits per heavy atom. The Labute approximate surface area is 116 Å². The summed E-state index contributed by atoms with van der Waals surface area (Å²) in [6.07, 6.45) is 3.07. The van der Waals surface area contributed by atoms with E-state index in [1.165, 1.54) is 10.9 Å². The van der Waals surface area contributed by atoms with E-state index in [4.69, 9.17) is 5.73 Å². The van der Waals surface area contributed by atoms with Crippen LogP contribution in [0.1, 0.15) is 17.2 Å². The third-order valence-corrected chi connectivity index (χ3v) is 3.48. The lowest BCUT2D eigenvalue weighted by molar-refractivity contribution is -0.123. The van der Waals surface area contributed by atoms with Crippen molar-refractivity contribution in [3.05, 3.63) is 47.8 Å². The van der Waals surface area contributed by atoms with Crippen molar-refractivity contribution in [1.29, 1.82) is 0 Å². The summed E-state index contributed by atoms with van der Waals surface area (Å²) in [5.74, 6) is -0.200. The van der Waals surface area contributed by atoms with Crippen molar-refractivity contribution in [3.8, 4) is 0 Å². The molecule has 2 aromatic rings. The molecule has 20 heavy (non-hydrogen) atoms. The highest BCUT2D eigenvalue weighted by atomic mass is 16.3. The van der Waals surface area contributed by atoms with Gasteiger partial charge in [-0.3, -0.25) is 9.48 Å². The summed E-state index contributed by atoms with van der Waals surface area (Å²) in [5, 5.41) is 16.9. The highest BCUT2D eigenvalue weighted by molar-refractivity contribution is 5.76. The number of rotatable bonds is 3. The molecule has 6 heteroatoms. The predicted octanol–water partition coefficient (Wildman–Crippen LogP) is 0.240. The molecule has 1 heterocycles. The average Bonchev–Trinajstić information content (AvgIpc) is 2.94.